The van der Waals surface area contributed by atoms with Crippen molar-refractivity contribution in [2.45, 2.75) is 38.5 Å². The number of rotatable bonds is 6. The molecule has 148 valence electrons. The summed E-state index contributed by atoms with van der Waals surface area (Å²) in [6.45, 7) is 8.40. The average Bonchev–Trinajstić information content (AvgIpc) is 2.60. The van der Waals surface area contributed by atoms with Crippen molar-refractivity contribution in [1.82, 2.24) is 19.9 Å². The highest BCUT2D eigenvalue weighted by atomic mass is 32.2. The fourth-order valence-corrected chi connectivity index (χ4v) is 2.72. The van der Waals surface area contributed by atoms with Crippen molar-refractivity contribution >= 4 is 34.6 Å². The van der Waals surface area contributed by atoms with Crippen LogP contribution in [0.4, 0.5) is 10.5 Å². The molecule has 0 aliphatic rings. The second-order valence-corrected chi connectivity index (χ2v) is 8.20. The molecule has 0 saturated heterocycles. The van der Waals surface area contributed by atoms with Gasteiger partial charge in [-0.15, -0.1) is 0 Å². The molecule has 0 aromatic carbocycles. The number of nitrogens with one attached hydrogen (secondary N) is 2. The van der Waals surface area contributed by atoms with Crippen LogP contribution in [0.2, 0.25) is 0 Å². The number of fused-ring (bicyclic) bond motifs is 1. The molecule has 0 saturated carbocycles. The van der Waals surface area contributed by atoms with Gasteiger partial charge in [-0.2, -0.15) is 0 Å². The first-order valence-electron chi connectivity index (χ1n) is 8.72. The molecule has 2 N–H and O–H groups in total. The summed E-state index contributed by atoms with van der Waals surface area (Å²) in [6, 6.07) is 1.76. The number of alkyl carbamates (subject to hydrolysis) is 1. The number of thioether (sulfide) groups is 1. The van der Waals surface area contributed by atoms with Crippen molar-refractivity contribution in [3.05, 3.63) is 22.6 Å². The van der Waals surface area contributed by atoms with Gasteiger partial charge in [0.15, 0.2) is 5.16 Å². The van der Waals surface area contributed by atoms with Gasteiger partial charge in [-0.3, -0.25) is 9.36 Å². The number of hydrogen-bond acceptors (Lipinski definition) is 7. The van der Waals surface area contributed by atoms with Gasteiger partial charge in [-0.25, -0.2) is 14.8 Å². The Balaban J connectivity index is 2.01. The lowest BCUT2D eigenvalue weighted by Gasteiger charge is -2.21. The van der Waals surface area contributed by atoms with Gasteiger partial charge in [0.2, 0.25) is 0 Å². The van der Waals surface area contributed by atoms with E-state index in [0.717, 1.165) is 5.39 Å². The van der Waals surface area contributed by atoms with Crippen LogP contribution in [0, 0.1) is 5.92 Å². The maximum atomic E-state index is 12.6. The summed E-state index contributed by atoms with van der Waals surface area (Å²) in [4.78, 5) is 32.9. The summed E-state index contributed by atoms with van der Waals surface area (Å²) in [7, 11) is 1.69. The Hall–Kier alpha value is -2.29. The van der Waals surface area contributed by atoms with E-state index in [-0.39, 0.29) is 11.5 Å². The quantitative estimate of drug-likeness (QED) is 0.575. The molecule has 2 heterocycles. The maximum Gasteiger partial charge on any atom is 0.407 e. The van der Waals surface area contributed by atoms with E-state index in [4.69, 9.17) is 4.74 Å². The molecule has 0 aliphatic heterocycles. The van der Waals surface area contributed by atoms with Crippen LogP contribution in [0.5, 0.6) is 0 Å². The van der Waals surface area contributed by atoms with Gasteiger partial charge in [-0.05, 0) is 39.0 Å². The van der Waals surface area contributed by atoms with Crippen molar-refractivity contribution in [3.63, 3.8) is 0 Å². The second-order valence-electron chi connectivity index (χ2n) is 7.43. The van der Waals surface area contributed by atoms with Gasteiger partial charge >= 0.3 is 6.09 Å². The Morgan fingerprint density at radius 2 is 2.07 bits per heavy atom. The van der Waals surface area contributed by atoms with E-state index in [1.165, 1.54) is 16.3 Å². The first kappa shape index (κ1) is 21.0. The third kappa shape index (κ3) is 5.85. The normalized spacial score (nSPS) is 12.7. The van der Waals surface area contributed by atoms with Crippen LogP contribution in [0.1, 0.15) is 27.7 Å². The number of pyridine rings is 1. The Morgan fingerprint density at radius 3 is 2.70 bits per heavy atom. The lowest BCUT2D eigenvalue weighted by atomic mass is 10.1. The number of aryl methyl sites for hydroxylation is 1. The highest BCUT2D eigenvalue weighted by Crippen LogP contribution is 2.16. The topological polar surface area (TPSA) is 98.1 Å². The van der Waals surface area contributed by atoms with Crippen LogP contribution in [0.25, 0.3) is 11.0 Å². The molecular formula is C18H27N5O3S. The van der Waals surface area contributed by atoms with Crippen molar-refractivity contribution in [2.24, 2.45) is 13.0 Å². The molecule has 0 aliphatic carbocycles. The molecule has 1 atom stereocenters. The summed E-state index contributed by atoms with van der Waals surface area (Å²) >= 11 is 1.43. The summed E-state index contributed by atoms with van der Waals surface area (Å²) in [5.41, 5.74) is 0.404. The first-order chi connectivity index (χ1) is 12.6. The van der Waals surface area contributed by atoms with E-state index in [1.54, 1.807) is 19.3 Å². The molecular weight excluding hydrogens is 366 g/mol. The standard InChI is InChI=1S/C18H27N5O3S/c1-11(9-21-17(25)26-18(2,3)4)8-19-13-7-12-10-20-16(27-6)22-14(12)23(5)15(13)24/h7,10-11,19H,8-9H2,1-6H3,(H,21,25). The van der Waals surface area contributed by atoms with Crippen LogP contribution in [-0.4, -0.2) is 45.6 Å². The number of aromatic nitrogens is 3. The van der Waals surface area contributed by atoms with Crippen molar-refractivity contribution < 1.29 is 9.53 Å². The molecule has 27 heavy (non-hydrogen) atoms. The molecule has 8 nitrogen and oxygen atoms in total. The molecule has 0 radical (unpaired) electrons. The van der Waals surface area contributed by atoms with E-state index in [2.05, 4.69) is 20.6 Å². The molecule has 1 unspecified atom stereocenters. The zero-order valence-electron chi connectivity index (χ0n) is 16.6. The Bertz CT molecular complexity index is 876. The van der Waals surface area contributed by atoms with Gasteiger partial charge in [0.05, 0.1) is 0 Å². The Morgan fingerprint density at radius 1 is 1.37 bits per heavy atom. The Kier molecular flexibility index (Phi) is 6.69. The second kappa shape index (κ2) is 8.60. The fourth-order valence-electron chi connectivity index (χ4n) is 2.38. The Labute approximate surface area is 163 Å². The minimum Gasteiger partial charge on any atom is -0.444 e. The summed E-state index contributed by atoms with van der Waals surface area (Å²) in [5.74, 6) is 0.105. The van der Waals surface area contributed by atoms with E-state index < -0.39 is 11.7 Å². The predicted molar refractivity (Wildman–Crippen MR) is 108 cm³/mol. The lowest BCUT2D eigenvalue weighted by Crippen LogP contribution is -2.36. The third-order valence-electron chi connectivity index (χ3n) is 3.74. The molecule has 2 rings (SSSR count). The SMILES string of the molecule is CSc1ncc2cc(NCC(C)CNC(=O)OC(C)(C)C)c(=O)n(C)c2n1. The molecule has 2 aromatic heterocycles. The van der Waals surface area contributed by atoms with Crippen LogP contribution >= 0.6 is 11.8 Å². The molecule has 0 bridgehead atoms. The highest BCUT2D eigenvalue weighted by molar-refractivity contribution is 7.98. The van der Waals surface area contributed by atoms with Gasteiger partial charge in [-0.1, -0.05) is 18.7 Å². The average molecular weight is 394 g/mol. The van der Waals surface area contributed by atoms with Crippen molar-refractivity contribution in [3.8, 4) is 0 Å². The number of carbonyl (C=O) groups is 1. The van der Waals surface area contributed by atoms with Gasteiger partial charge in [0.25, 0.3) is 5.56 Å². The van der Waals surface area contributed by atoms with Gasteiger partial charge in [0, 0.05) is 31.7 Å². The number of amides is 1. The zero-order valence-corrected chi connectivity index (χ0v) is 17.4. The van der Waals surface area contributed by atoms with Crippen molar-refractivity contribution in [1.29, 1.82) is 0 Å². The number of carbonyl (C=O) groups excluding carboxylic acids is 1. The zero-order chi connectivity index (χ0) is 20.2. The van der Waals surface area contributed by atoms with Gasteiger partial charge in [0.1, 0.15) is 16.9 Å². The number of ether oxygens (including phenoxy) is 1. The van der Waals surface area contributed by atoms with Crippen LogP contribution in [-0.2, 0) is 11.8 Å². The smallest absolute Gasteiger partial charge is 0.407 e. The summed E-state index contributed by atoms with van der Waals surface area (Å²) in [5, 5.41) is 7.31. The summed E-state index contributed by atoms with van der Waals surface area (Å²) in [6.07, 6.45) is 3.16. The molecule has 1 amide bonds. The van der Waals surface area contributed by atoms with Gasteiger partial charge < -0.3 is 15.4 Å². The van der Waals surface area contributed by atoms with Crippen molar-refractivity contribution in [2.75, 3.05) is 24.7 Å². The van der Waals surface area contributed by atoms with E-state index in [1.807, 2.05) is 34.0 Å². The number of hydrogen-bond donors (Lipinski definition) is 2. The molecule has 2 aromatic rings. The van der Waals surface area contributed by atoms with E-state index in [9.17, 15) is 9.59 Å². The molecule has 0 spiro atoms. The summed E-state index contributed by atoms with van der Waals surface area (Å²) < 4.78 is 6.73. The van der Waals surface area contributed by atoms with Crippen LogP contribution < -0.4 is 16.2 Å². The minimum absolute atomic E-state index is 0.105. The monoisotopic (exact) mass is 393 g/mol. The van der Waals surface area contributed by atoms with E-state index in [0.29, 0.717) is 29.6 Å². The van der Waals surface area contributed by atoms with E-state index >= 15 is 0 Å². The predicted octanol–water partition coefficient (Wildman–Crippen LogP) is 2.62. The first-order valence-corrected chi connectivity index (χ1v) is 9.94. The van der Waals surface area contributed by atoms with Crippen LogP contribution in [0.15, 0.2) is 22.2 Å². The highest BCUT2D eigenvalue weighted by Gasteiger charge is 2.16. The third-order valence-corrected chi connectivity index (χ3v) is 4.31. The fraction of sp³-hybridized carbons (Fsp3) is 0.556. The minimum atomic E-state index is -0.527. The largest absolute Gasteiger partial charge is 0.444 e. The maximum absolute atomic E-state index is 12.6. The number of nitrogens with zero attached hydrogens (tertiary/aromatic N) is 3. The van der Waals surface area contributed by atoms with Crippen LogP contribution in [0.3, 0.4) is 0 Å². The molecule has 9 heteroatoms. The number of anilines is 1. The molecule has 0 fully saturated rings. The lowest BCUT2D eigenvalue weighted by molar-refractivity contribution is 0.0521.